The SMILES string of the molecule is CN[C@H](CCc1ccccc1)C(=O)N1C[C@H](OC(=O)N2CCCCC2)C[C@H]1C(=O)N[C@@H](CCCCN)C(=O)c1nc2ccccc2o1. The molecule has 0 bridgehead atoms. The molecule has 0 radical (unpaired) electrons. The van der Waals surface area contributed by atoms with Gasteiger partial charge in [-0.05, 0) is 82.7 Å². The van der Waals surface area contributed by atoms with E-state index >= 15 is 0 Å². The zero-order valence-corrected chi connectivity index (χ0v) is 27.1. The molecule has 12 heteroatoms. The largest absolute Gasteiger partial charge is 0.444 e. The lowest BCUT2D eigenvalue weighted by atomic mass is 10.0. The molecule has 0 aliphatic carbocycles. The van der Waals surface area contributed by atoms with Crippen molar-refractivity contribution in [3.05, 3.63) is 66.1 Å². The van der Waals surface area contributed by atoms with E-state index < -0.39 is 42.0 Å². The molecule has 3 heterocycles. The standard InChI is InChI=1S/C35H46N6O6/c1-37-28(18-17-24-12-4-2-5-13-24)34(44)41-23-25(46-35(45)40-20-10-3-11-21-40)22-29(41)32(43)38-27(15-8-9-19-36)31(42)33-39-26-14-6-7-16-30(26)47-33/h2,4-7,12-14,16,25,27-29,37H,3,8-11,15,17-23,36H2,1H3,(H,38,43)/t25-,27+,28-,29+/m1/s1. The average Bonchev–Trinajstić information content (AvgIpc) is 3.73. The molecular weight excluding hydrogens is 600 g/mol. The molecule has 2 fully saturated rings. The van der Waals surface area contributed by atoms with E-state index in [1.54, 1.807) is 36.2 Å². The number of ketones is 1. The first-order chi connectivity index (χ1) is 22.9. The van der Waals surface area contributed by atoms with Gasteiger partial charge >= 0.3 is 6.09 Å². The first kappa shape index (κ1) is 34.1. The summed E-state index contributed by atoms with van der Waals surface area (Å²) in [7, 11) is 1.72. The fraction of sp³-hybridized carbons (Fsp3) is 0.514. The second-order valence-electron chi connectivity index (χ2n) is 12.4. The quantitative estimate of drug-likeness (QED) is 0.176. The molecule has 4 N–H and O–H groups in total. The summed E-state index contributed by atoms with van der Waals surface area (Å²) in [6.07, 6.45) is 4.70. The fourth-order valence-electron chi connectivity index (χ4n) is 6.37. The normalized spacial score (nSPS) is 19.4. The van der Waals surface area contributed by atoms with Crippen LogP contribution in [0.2, 0.25) is 0 Å². The molecule has 3 aromatic rings. The van der Waals surface area contributed by atoms with Gasteiger partial charge in [0.05, 0.1) is 18.6 Å². The van der Waals surface area contributed by atoms with E-state index in [-0.39, 0.29) is 24.8 Å². The highest BCUT2D eigenvalue weighted by atomic mass is 16.6. The van der Waals surface area contributed by atoms with Gasteiger partial charge in [0.1, 0.15) is 17.7 Å². The van der Waals surface area contributed by atoms with Gasteiger partial charge in [-0.15, -0.1) is 0 Å². The fourth-order valence-corrected chi connectivity index (χ4v) is 6.37. The second kappa shape index (κ2) is 16.5. The van der Waals surface area contributed by atoms with Gasteiger partial charge in [-0.25, -0.2) is 9.78 Å². The summed E-state index contributed by atoms with van der Waals surface area (Å²) >= 11 is 0. The van der Waals surface area contributed by atoms with E-state index in [9.17, 15) is 19.2 Å². The van der Waals surface area contributed by atoms with E-state index in [0.29, 0.717) is 62.8 Å². The molecule has 0 spiro atoms. The summed E-state index contributed by atoms with van der Waals surface area (Å²) in [6.45, 7) is 1.78. The number of nitrogens with two attached hydrogens (primary N) is 1. The second-order valence-corrected chi connectivity index (χ2v) is 12.4. The number of piperidine rings is 1. The Bertz CT molecular complexity index is 1470. The number of Topliss-reactive ketones (excluding diaryl/α,β-unsaturated/α-hetero) is 1. The Balaban J connectivity index is 1.34. The van der Waals surface area contributed by atoms with Gasteiger partial charge in [0.25, 0.3) is 5.89 Å². The van der Waals surface area contributed by atoms with Crippen molar-refractivity contribution >= 4 is 34.8 Å². The first-order valence-corrected chi connectivity index (χ1v) is 16.8. The van der Waals surface area contributed by atoms with Gasteiger partial charge < -0.3 is 35.3 Å². The van der Waals surface area contributed by atoms with Crippen LogP contribution < -0.4 is 16.4 Å². The van der Waals surface area contributed by atoms with Crippen molar-refractivity contribution in [2.45, 2.75) is 82.0 Å². The number of para-hydroxylation sites is 2. The number of aromatic nitrogens is 1. The molecule has 47 heavy (non-hydrogen) atoms. The highest BCUT2D eigenvalue weighted by Crippen LogP contribution is 2.25. The monoisotopic (exact) mass is 646 g/mol. The molecule has 12 nitrogen and oxygen atoms in total. The molecule has 5 rings (SSSR count). The van der Waals surface area contributed by atoms with Crippen LogP contribution >= 0.6 is 0 Å². The molecular formula is C35H46N6O6. The number of benzene rings is 2. The maximum Gasteiger partial charge on any atom is 0.410 e. The molecule has 0 unspecified atom stereocenters. The van der Waals surface area contributed by atoms with Crippen molar-refractivity contribution in [2.24, 2.45) is 5.73 Å². The maximum absolute atomic E-state index is 14.0. The van der Waals surface area contributed by atoms with Crippen LogP contribution in [0.25, 0.3) is 11.1 Å². The minimum Gasteiger partial charge on any atom is -0.444 e. The van der Waals surface area contributed by atoms with E-state index in [1.165, 1.54) is 4.90 Å². The Labute approximate surface area is 275 Å². The molecule has 4 atom stereocenters. The summed E-state index contributed by atoms with van der Waals surface area (Å²) in [6, 6.07) is 14.5. The van der Waals surface area contributed by atoms with E-state index in [4.69, 9.17) is 14.9 Å². The Morgan fingerprint density at radius 2 is 1.72 bits per heavy atom. The molecule has 0 saturated carbocycles. The van der Waals surface area contributed by atoms with Crippen LogP contribution in [-0.4, -0.2) is 95.9 Å². The van der Waals surface area contributed by atoms with E-state index in [0.717, 1.165) is 24.8 Å². The third kappa shape index (κ3) is 8.75. The molecule has 2 saturated heterocycles. The lowest BCUT2D eigenvalue weighted by Gasteiger charge is -2.29. The summed E-state index contributed by atoms with van der Waals surface area (Å²) in [5.41, 5.74) is 7.84. The van der Waals surface area contributed by atoms with Gasteiger partial charge in [-0.1, -0.05) is 42.5 Å². The third-order valence-electron chi connectivity index (χ3n) is 9.03. The van der Waals surface area contributed by atoms with E-state index in [2.05, 4.69) is 15.6 Å². The predicted octanol–water partition coefficient (Wildman–Crippen LogP) is 3.44. The van der Waals surface area contributed by atoms with Crippen LogP contribution in [0.3, 0.4) is 0 Å². The van der Waals surface area contributed by atoms with Crippen molar-refractivity contribution in [3.8, 4) is 0 Å². The van der Waals surface area contributed by atoms with Gasteiger partial charge in [0.2, 0.25) is 17.6 Å². The van der Waals surface area contributed by atoms with Crippen molar-refractivity contribution in [1.82, 2.24) is 25.4 Å². The zero-order chi connectivity index (χ0) is 33.2. The number of hydrogen-bond donors (Lipinski definition) is 3. The van der Waals surface area contributed by atoms with E-state index in [1.807, 2.05) is 30.3 Å². The number of nitrogens with one attached hydrogen (secondary N) is 2. The molecule has 2 aromatic carbocycles. The van der Waals surface area contributed by atoms with Gasteiger partial charge in [0.15, 0.2) is 5.58 Å². The topological polar surface area (TPSA) is 160 Å². The number of likely N-dealkylation sites (tertiary alicyclic amines) is 2. The van der Waals surface area contributed by atoms with Crippen LogP contribution in [0.4, 0.5) is 4.79 Å². The number of carbonyl (C=O) groups excluding carboxylic acids is 4. The number of fused-ring (bicyclic) bond motifs is 1. The van der Waals surface area contributed by atoms with Crippen molar-refractivity contribution in [2.75, 3.05) is 33.2 Å². The number of likely N-dealkylation sites (N-methyl/N-ethyl adjacent to an activating group) is 1. The summed E-state index contributed by atoms with van der Waals surface area (Å²) in [5, 5.41) is 6.02. The molecule has 252 valence electrons. The number of ether oxygens (including phenoxy) is 1. The van der Waals surface area contributed by atoms with Gasteiger partial charge in [-0.3, -0.25) is 14.4 Å². The number of rotatable bonds is 14. The third-order valence-corrected chi connectivity index (χ3v) is 9.03. The maximum atomic E-state index is 14.0. The Morgan fingerprint density at radius 1 is 0.979 bits per heavy atom. The number of amides is 3. The van der Waals surface area contributed by atoms with Crippen LogP contribution in [-0.2, 0) is 20.7 Å². The first-order valence-electron chi connectivity index (χ1n) is 16.8. The number of nitrogens with zero attached hydrogens (tertiary/aromatic N) is 3. The molecule has 2 aliphatic heterocycles. The van der Waals surface area contributed by atoms with Crippen molar-refractivity contribution in [1.29, 1.82) is 0 Å². The minimum absolute atomic E-state index is 0.0803. The number of unbranched alkanes of at least 4 members (excludes halogenated alkanes) is 1. The van der Waals surface area contributed by atoms with Crippen molar-refractivity contribution < 1.29 is 28.3 Å². The average molecular weight is 647 g/mol. The summed E-state index contributed by atoms with van der Waals surface area (Å²) in [5.74, 6) is -1.29. The molecule has 3 amide bonds. The van der Waals surface area contributed by atoms with Gasteiger partial charge in [-0.2, -0.15) is 0 Å². The number of aryl methyl sites for hydroxylation is 1. The molecule has 2 aliphatic rings. The van der Waals surface area contributed by atoms with Crippen molar-refractivity contribution in [3.63, 3.8) is 0 Å². The Kier molecular flexibility index (Phi) is 12.0. The summed E-state index contributed by atoms with van der Waals surface area (Å²) < 4.78 is 11.6. The zero-order valence-electron chi connectivity index (χ0n) is 27.1. The summed E-state index contributed by atoms with van der Waals surface area (Å²) in [4.78, 5) is 62.3. The smallest absolute Gasteiger partial charge is 0.410 e. The lowest BCUT2D eigenvalue weighted by Crippen LogP contribution is -2.54. The highest BCUT2D eigenvalue weighted by Gasteiger charge is 2.44. The predicted molar refractivity (Wildman–Crippen MR) is 177 cm³/mol. The van der Waals surface area contributed by atoms with Crippen LogP contribution in [0.15, 0.2) is 59.0 Å². The highest BCUT2D eigenvalue weighted by molar-refractivity contribution is 6.01. The number of carbonyl (C=O) groups is 4. The lowest BCUT2D eigenvalue weighted by molar-refractivity contribution is -0.140. The van der Waals surface area contributed by atoms with Crippen LogP contribution in [0.1, 0.15) is 67.6 Å². The number of hydrogen-bond acceptors (Lipinski definition) is 9. The van der Waals surface area contributed by atoms with Gasteiger partial charge in [0, 0.05) is 19.5 Å². The Morgan fingerprint density at radius 3 is 2.45 bits per heavy atom. The number of oxazole rings is 1. The minimum atomic E-state index is -0.942. The van der Waals surface area contributed by atoms with Crippen LogP contribution in [0.5, 0.6) is 0 Å². The molecule has 1 aromatic heterocycles. The Hall–Kier alpha value is -4.29. The van der Waals surface area contributed by atoms with Crippen LogP contribution in [0, 0.1) is 0 Å².